The first-order valence-corrected chi connectivity index (χ1v) is 7.63. The molecular weight excluding hydrogens is 250 g/mol. The number of halogens is 1. The van der Waals surface area contributed by atoms with E-state index in [9.17, 15) is 0 Å². The van der Waals surface area contributed by atoms with Gasteiger partial charge in [-0.15, -0.1) is 11.3 Å². The average Bonchev–Trinajstić information content (AvgIpc) is 2.62. The molecule has 1 atom stereocenters. The average molecular weight is 274 g/mol. The molecule has 1 unspecified atom stereocenters. The van der Waals surface area contributed by atoms with Gasteiger partial charge in [-0.1, -0.05) is 39.3 Å². The fourth-order valence-corrected chi connectivity index (χ4v) is 3.00. The Morgan fingerprint density at radius 2 is 1.88 bits per heavy atom. The zero-order valence-electron chi connectivity index (χ0n) is 11.3. The molecule has 98 valence electrons. The molecular formula is C14H24ClNS. The van der Waals surface area contributed by atoms with Crippen molar-refractivity contribution < 1.29 is 0 Å². The highest BCUT2D eigenvalue weighted by molar-refractivity contribution is 7.16. The first-order chi connectivity index (χ1) is 7.99. The van der Waals surface area contributed by atoms with Gasteiger partial charge in [0.15, 0.2) is 0 Å². The lowest BCUT2D eigenvalue weighted by Crippen LogP contribution is -2.30. The van der Waals surface area contributed by atoms with Crippen LogP contribution in [0.15, 0.2) is 12.1 Å². The number of hydrogen-bond acceptors (Lipinski definition) is 2. The summed E-state index contributed by atoms with van der Waals surface area (Å²) >= 11 is 7.68. The molecule has 1 aromatic heterocycles. The van der Waals surface area contributed by atoms with E-state index in [1.807, 2.05) is 6.07 Å². The molecule has 17 heavy (non-hydrogen) atoms. The lowest BCUT2D eigenvalue weighted by atomic mass is 9.91. The van der Waals surface area contributed by atoms with Crippen LogP contribution in [0.4, 0.5) is 0 Å². The first kappa shape index (κ1) is 15.0. The zero-order chi connectivity index (χ0) is 12.8. The molecule has 0 saturated heterocycles. The van der Waals surface area contributed by atoms with E-state index in [0.717, 1.165) is 29.8 Å². The Labute approximate surface area is 115 Å². The van der Waals surface area contributed by atoms with Gasteiger partial charge < -0.3 is 5.32 Å². The summed E-state index contributed by atoms with van der Waals surface area (Å²) in [4.78, 5) is 1.40. The summed E-state index contributed by atoms with van der Waals surface area (Å²) in [6.07, 6.45) is 1.14. The molecule has 0 aliphatic rings. The Balaban J connectivity index is 2.43. The van der Waals surface area contributed by atoms with Crippen LogP contribution in [0.1, 0.15) is 32.6 Å². The summed E-state index contributed by atoms with van der Waals surface area (Å²) in [7, 11) is 0. The second-order valence-electron chi connectivity index (χ2n) is 5.47. The minimum Gasteiger partial charge on any atom is -0.316 e. The Kier molecular flexibility index (Phi) is 6.53. The topological polar surface area (TPSA) is 12.0 Å². The molecule has 0 aliphatic heterocycles. The van der Waals surface area contributed by atoms with Crippen LogP contribution in [0.3, 0.4) is 0 Å². The summed E-state index contributed by atoms with van der Waals surface area (Å²) in [6.45, 7) is 11.3. The maximum atomic E-state index is 5.97. The van der Waals surface area contributed by atoms with E-state index >= 15 is 0 Å². The van der Waals surface area contributed by atoms with Crippen LogP contribution >= 0.6 is 22.9 Å². The fraction of sp³-hybridized carbons (Fsp3) is 0.714. The van der Waals surface area contributed by atoms with Crippen molar-refractivity contribution in [2.45, 2.75) is 34.1 Å². The van der Waals surface area contributed by atoms with E-state index in [4.69, 9.17) is 11.6 Å². The third-order valence-corrected chi connectivity index (χ3v) is 4.25. The van der Waals surface area contributed by atoms with Crippen LogP contribution in [0.5, 0.6) is 0 Å². The second-order valence-corrected chi connectivity index (χ2v) is 7.27. The quantitative estimate of drug-likeness (QED) is 0.773. The third kappa shape index (κ3) is 5.89. The molecule has 0 spiro atoms. The van der Waals surface area contributed by atoms with Gasteiger partial charge >= 0.3 is 0 Å². The van der Waals surface area contributed by atoms with Crippen LogP contribution in [-0.2, 0) is 6.42 Å². The molecule has 1 heterocycles. The van der Waals surface area contributed by atoms with Gasteiger partial charge in [-0.2, -0.15) is 0 Å². The summed E-state index contributed by atoms with van der Waals surface area (Å²) < 4.78 is 0.901. The van der Waals surface area contributed by atoms with Crippen molar-refractivity contribution in [1.29, 1.82) is 0 Å². The molecule has 0 aliphatic carbocycles. The van der Waals surface area contributed by atoms with E-state index in [2.05, 4.69) is 39.1 Å². The Morgan fingerprint density at radius 3 is 2.35 bits per heavy atom. The minimum atomic E-state index is 0.698. The Hall–Kier alpha value is -0.0500. The Morgan fingerprint density at radius 1 is 1.18 bits per heavy atom. The first-order valence-electron chi connectivity index (χ1n) is 6.44. The highest BCUT2D eigenvalue weighted by atomic mass is 35.5. The van der Waals surface area contributed by atoms with Crippen molar-refractivity contribution >= 4 is 22.9 Å². The van der Waals surface area contributed by atoms with E-state index < -0.39 is 0 Å². The fourth-order valence-electron chi connectivity index (χ4n) is 1.82. The maximum absolute atomic E-state index is 5.97. The molecule has 0 saturated carbocycles. The van der Waals surface area contributed by atoms with Crippen LogP contribution in [0, 0.1) is 17.8 Å². The number of thiophene rings is 1. The van der Waals surface area contributed by atoms with Crippen LogP contribution in [0.25, 0.3) is 0 Å². The van der Waals surface area contributed by atoms with Gasteiger partial charge in [-0.05, 0) is 49.4 Å². The predicted octanol–water partition coefficient (Wildman–Crippen LogP) is 4.46. The van der Waals surface area contributed by atoms with Crippen molar-refractivity contribution in [3.05, 3.63) is 21.3 Å². The predicted molar refractivity (Wildman–Crippen MR) is 79.1 cm³/mol. The Bertz CT molecular complexity index is 320. The highest BCUT2D eigenvalue weighted by Crippen LogP contribution is 2.26. The summed E-state index contributed by atoms with van der Waals surface area (Å²) in [5.41, 5.74) is 0. The largest absolute Gasteiger partial charge is 0.316 e. The number of hydrogen-bond donors (Lipinski definition) is 1. The molecule has 1 rings (SSSR count). The van der Waals surface area contributed by atoms with E-state index in [-0.39, 0.29) is 0 Å². The van der Waals surface area contributed by atoms with Gasteiger partial charge in [0.05, 0.1) is 4.34 Å². The molecule has 3 heteroatoms. The summed E-state index contributed by atoms with van der Waals surface area (Å²) in [5.74, 6) is 2.12. The lowest BCUT2D eigenvalue weighted by Gasteiger charge is -2.21. The van der Waals surface area contributed by atoms with Crippen molar-refractivity contribution in [2.75, 3.05) is 13.1 Å². The normalized spacial score (nSPS) is 13.6. The molecule has 0 amide bonds. The molecule has 0 aromatic carbocycles. The lowest BCUT2D eigenvalue weighted by molar-refractivity contribution is 0.354. The van der Waals surface area contributed by atoms with Crippen molar-refractivity contribution in [1.82, 2.24) is 5.32 Å². The second kappa shape index (κ2) is 7.40. The van der Waals surface area contributed by atoms with E-state index in [0.29, 0.717) is 11.8 Å². The van der Waals surface area contributed by atoms with Crippen LogP contribution in [-0.4, -0.2) is 13.1 Å². The molecule has 0 radical (unpaired) electrons. The van der Waals surface area contributed by atoms with Gasteiger partial charge in [0, 0.05) is 4.88 Å². The van der Waals surface area contributed by atoms with Gasteiger partial charge in [-0.3, -0.25) is 0 Å². The number of rotatable bonds is 7. The SMILES string of the molecule is CC(C)CNCC(Cc1ccc(Cl)s1)C(C)C. The smallest absolute Gasteiger partial charge is 0.0931 e. The van der Waals surface area contributed by atoms with E-state index in [1.54, 1.807) is 11.3 Å². The van der Waals surface area contributed by atoms with Crippen molar-refractivity contribution in [2.24, 2.45) is 17.8 Å². The number of nitrogens with one attached hydrogen (secondary N) is 1. The molecule has 0 fully saturated rings. The summed E-state index contributed by atoms with van der Waals surface area (Å²) in [6, 6.07) is 4.16. The van der Waals surface area contributed by atoms with E-state index in [1.165, 1.54) is 4.88 Å². The highest BCUT2D eigenvalue weighted by Gasteiger charge is 2.15. The van der Waals surface area contributed by atoms with Gasteiger partial charge in [0.1, 0.15) is 0 Å². The summed E-state index contributed by atoms with van der Waals surface area (Å²) in [5, 5.41) is 3.56. The molecule has 1 aromatic rings. The molecule has 1 nitrogen and oxygen atoms in total. The minimum absolute atomic E-state index is 0.698. The standard InChI is InChI=1S/C14H24ClNS/c1-10(2)8-16-9-12(11(3)4)7-13-5-6-14(15)17-13/h5-6,10-12,16H,7-9H2,1-4H3. The molecule has 0 bridgehead atoms. The maximum Gasteiger partial charge on any atom is 0.0931 e. The van der Waals surface area contributed by atoms with Gasteiger partial charge in [0.25, 0.3) is 0 Å². The van der Waals surface area contributed by atoms with Crippen molar-refractivity contribution in [3.8, 4) is 0 Å². The monoisotopic (exact) mass is 273 g/mol. The van der Waals surface area contributed by atoms with Crippen molar-refractivity contribution in [3.63, 3.8) is 0 Å². The van der Waals surface area contributed by atoms with Crippen LogP contribution in [0.2, 0.25) is 4.34 Å². The van der Waals surface area contributed by atoms with Gasteiger partial charge in [-0.25, -0.2) is 0 Å². The van der Waals surface area contributed by atoms with Gasteiger partial charge in [0.2, 0.25) is 0 Å². The van der Waals surface area contributed by atoms with Crippen LogP contribution < -0.4 is 5.32 Å². The molecule has 1 N–H and O–H groups in total. The zero-order valence-corrected chi connectivity index (χ0v) is 12.9. The third-order valence-electron chi connectivity index (χ3n) is 2.99.